The lowest BCUT2D eigenvalue weighted by Gasteiger charge is -2.31. The van der Waals surface area contributed by atoms with E-state index in [-0.39, 0.29) is 0 Å². The second-order valence-electron chi connectivity index (χ2n) is 4.05. The molecule has 2 bridgehead atoms. The normalized spacial score (nSPS) is 73.9. The van der Waals surface area contributed by atoms with Gasteiger partial charge >= 0.3 is 0 Å². The molecule has 3 unspecified atom stereocenters. The van der Waals surface area contributed by atoms with E-state index in [0.29, 0.717) is 0 Å². The molecule has 44 valence electrons. The Labute approximate surface area is 49.9 Å². The van der Waals surface area contributed by atoms with Crippen LogP contribution in [0.3, 0.4) is 0 Å². The first-order chi connectivity index (χ1) is 3.77. The number of fused-ring (bicyclic) bond motifs is 1. The summed E-state index contributed by atoms with van der Waals surface area (Å²) in [6.45, 7) is 1.53. The van der Waals surface area contributed by atoms with Gasteiger partial charge in [0, 0.05) is 12.8 Å². The van der Waals surface area contributed by atoms with Gasteiger partial charge in [-0.25, -0.2) is 0 Å². The van der Waals surface area contributed by atoms with Gasteiger partial charge in [-0.2, -0.15) is 0 Å². The molecule has 8 heavy (non-hydrogen) atoms. The van der Waals surface area contributed by atoms with Crippen molar-refractivity contribution in [3.05, 3.63) is 0 Å². The van der Waals surface area contributed by atoms with Gasteiger partial charge in [-0.15, -0.1) is 0 Å². The van der Waals surface area contributed by atoms with Crippen molar-refractivity contribution in [2.24, 2.45) is 0 Å². The number of piperidine rings is 1. The van der Waals surface area contributed by atoms with Crippen molar-refractivity contribution < 1.29 is 4.48 Å². The van der Waals surface area contributed by atoms with Crippen LogP contribution in [0.4, 0.5) is 0 Å². The Bertz CT molecular complexity index is 153. The third-order valence-electron chi connectivity index (χ3n) is 3.97. The number of nitrogens with zero attached hydrogens (tertiary/aromatic N) is 1. The van der Waals surface area contributed by atoms with Crippen LogP contribution in [0.15, 0.2) is 0 Å². The van der Waals surface area contributed by atoms with Crippen LogP contribution < -0.4 is 0 Å². The predicted molar refractivity (Wildman–Crippen MR) is 31.4 cm³/mol. The fourth-order valence-corrected chi connectivity index (χ4v) is 3.15. The molecule has 3 heterocycles. The molecule has 0 aromatic carbocycles. The fourth-order valence-electron chi connectivity index (χ4n) is 3.15. The largest absolute Gasteiger partial charge is 0.309 e. The third kappa shape index (κ3) is 0.163. The lowest BCUT2D eigenvalue weighted by molar-refractivity contribution is -0.862. The van der Waals surface area contributed by atoms with Gasteiger partial charge in [-0.05, 0) is 0 Å². The fraction of sp³-hybridized carbons (Fsp3) is 1.00. The SMILES string of the molecule is C[N+]12CC13CCC2C3. The Balaban J connectivity index is 2.16. The molecule has 1 spiro atoms. The molecule has 1 heteroatoms. The molecule has 3 saturated heterocycles. The number of rotatable bonds is 0. The smallest absolute Gasteiger partial charge is 0.155 e. The Morgan fingerprint density at radius 2 is 2.50 bits per heavy atom. The van der Waals surface area contributed by atoms with Crippen molar-refractivity contribution in [2.75, 3.05) is 13.6 Å². The molecule has 3 aliphatic heterocycles. The Hall–Kier alpha value is -0.0400. The molecule has 1 saturated carbocycles. The summed E-state index contributed by atoms with van der Waals surface area (Å²) < 4.78 is 1.48. The van der Waals surface area contributed by atoms with Gasteiger partial charge in [-0.3, -0.25) is 0 Å². The second kappa shape index (κ2) is 0.688. The van der Waals surface area contributed by atoms with Crippen LogP contribution in [0.1, 0.15) is 19.3 Å². The lowest BCUT2D eigenvalue weighted by Crippen LogP contribution is -2.46. The molecular formula is C7H12N+. The molecule has 4 fully saturated rings. The van der Waals surface area contributed by atoms with Gasteiger partial charge in [-0.1, -0.05) is 0 Å². The molecule has 4 aliphatic rings. The molecule has 0 radical (unpaired) electrons. The maximum absolute atomic E-state index is 2.43. The summed E-state index contributed by atoms with van der Waals surface area (Å²) in [7, 11) is 2.43. The van der Waals surface area contributed by atoms with Crippen LogP contribution in [-0.4, -0.2) is 29.7 Å². The van der Waals surface area contributed by atoms with E-state index in [9.17, 15) is 0 Å². The summed E-state index contributed by atoms with van der Waals surface area (Å²) in [5.41, 5.74) is 0.880. The zero-order valence-corrected chi connectivity index (χ0v) is 5.35. The van der Waals surface area contributed by atoms with E-state index in [2.05, 4.69) is 7.05 Å². The van der Waals surface area contributed by atoms with E-state index >= 15 is 0 Å². The Morgan fingerprint density at radius 3 is 2.62 bits per heavy atom. The molecule has 3 atom stereocenters. The number of likely N-dealkylation sites (N-methyl/N-ethyl adjacent to an activating group) is 1. The number of hydrogen-bond donors (Lipinski definition) is 0. The van der Waals surface area contributed by atoms with Crippen molar-refractivity contribution in [1.82, 2.24) is 0 Å². The van der Waals surface area contributed by atoms with Gasteiger partial charge < -0.3 is 4.48 Å². The van der Waals surface area contributed by atoms with Crippen LogP contribution in [0.2, 0.25) is 0 Å². The molecule has 0 aromatic rings. The molecule has 1 nitrogen and oxygen atoms in total. The highest BCUT2D eigenvalue weighted by Gasteiger charge is 2.83. The van der Waals surface area contributed by atoms with E-state index in [1.54, 1.807) is 12.8 Å². The minimum absolute atomic E-state index is 0.880. The quantitative estimate of drug-likeness (QED) is 0.319. The van der Waals surface area contributed by atoms with Crippen LogP contribution in [0.25, 0.3) is 0 Å². The van der Waals surface area contributed by atoms with E-state index < -0.39 is 0 Å². The highest BCUT2D eigenvalue weighted by molar-refractivity contribution is 5.12. The number of quaternary nitrogens is 1. The van der Waals surface area contributed by atoms with E-state index in [4.69, 9.17) is 0 Å². The second-order valence-corrected chi connectivity index (χ2v) is 4.05. The van der Waals surface area contributed by atoms with Gasteiger partial charge in [0.25, 0.3) is 0 Å². The first kappa shape index (κ1) is 3.89. The van der Waals surface area contributed by atoms with Crippen LogP contribution in [-0.2, 0) is 0 Å². The van der Waals surface area contributed by atoms with Crippen LogP contribution in [0, 0.1) is 0 Å². The summed E-state index contributed by atoms with van der Waals surface area (Å²) in [5, 5.41) is 0. The molecule has 0 aromatic heterocycles. The molecule has 4 rings (SSSR count). The zero-order chi connectivity index (χ0) is 5.41. The summed E-state index contributed by atoms with van der Waals surface area (Å²) in [6.07, 6.45) is 4.66. The third-order valence-corrected chi connectivity index (χ3v) is 3.97. The first-order valence-corrected chi connectivity index (χ1v) is 3.62. The minimum atomic E-state index is 0.880. The molecule has 0 N–H and O–H groups in total. The van der Waals surface area contributed by atoms with Crippen molar-refractivity contribution in [2.45, 2.75) is 30.8 Å². The summed E-state index contributed by atoms with van der Waals surface area (Å²) >= 11 is 0. The average Bonchev–Trinajstić information content (AvgIpc) is 2.11. The summed E-state index contributed by atoms with van der Waals surface area (Å²) in [4.78, 5) is 0. The summed E-state index contributed by atoms with van der Waals surface area (Å²) in [5.74, 6) is 0. The van der Waals surface area contributed by atoms with Crippen LogP contribution in [0.5, 0.6) is 0 Å². The zero-order valence-electron chi connectivity index (χ0n) is 5.35. The highest BCUT2D eigenvalue weighted by atomic mass is 15.6. The van der Waals surface area contributed by atoms with Gasteiger partial charge in [0.15, 0.2) is 5.54 Å². The molecular weight excluding hydrogens is 98.1 g/mol. The predicted octanol–water partition coefficient (Wildman–Crippen LogP) is 0.751. The van der Waals surface area contributed by atoms with E-state index in [1.165, 1.54) is 17.4 Å². The average molecular weight is 110 g/mol. The van der Waals surface area contributed by atoms with Crippen molar-refractivity contribution in [1.29, 1.82) is 0 Å². The van der Waals surface area contributed by atoms with Crippen molar-refractivity contribution in [3.8, 4) is 0 Å². The molecule has 0 amide bonds. The minimum Gasteiger partial charge on any atom is -0.309 e. The molecule has 1 aliphatic carbocycles. The Morgan fingerprint density at radius 1 is 1.62 bits per heavy atom. The van der Waals surface area contributed by atoms with Gasteiger partial charge in [0.2, 0.25) is 0 Å². The van der Waals surface area contributed by atoms with Crippen molar-refractivity contribution >= 4 is 0 Å². The number of hydrogen-bond acceptors (Lipinski definition) is 0. The summed E-state index contributed by atoms with van der Waals surface area (Å²) in [6, 6.07) is 1.11. The van der Waals surface area contributed by atoms with E-state index in [0.717, 1.165) is 11.6 Å². The Kier molecular flexibility index (Phi) is 0.334. The lowest BCUT2D eigenvalue weighted by atomic mass is 10.0. The monoisotopic (exact) mass is 110 g/mol. The standard InChI is InChI=1S/C7H12N/c1-8-5-7(8)3-2-6(8)4-7/h6H,2-5H2,1H3/q+1. The van der Waals surface area contributed by atoms with Crippen molar-refractivity contribution in [3.63, 3.8) is 0 Å². The topological polar surface area (TPSA) is 0 Å². The van der Waals surface area contributed by atoms with Gasteiger partial charge in [0.1, 0.15) is 6.54 Å². The maximum Gasteiger partial charge on any atom is 0.155 e. The van der Waals surface area contributed by atoms with Gasteiger partial charge in [0.05, 0.1) is 19.5 Å². The van der Waals surface area contributed by atoms with Crippen LogP contribution >= 0.6 is 0 Å². The van der Waals surface area contributed by atoms with E-state index in [1.807, 2.05) is 0 Å². The highest BCUT2D eigenvalue weighted by Crippen LogP contribution is 2.67. The maximum atomic E-state index is 2.43. The first-order valence-electron chi connectivity index (χ1n) is 3.62.